The van der Waals surface area contributed by atoms with Gasteiger partial charge in [0, 0.05) is 18.5 Å². The zero-order chi connectivity index (χ0) is 15.1. The summed E-state index contributed by atoms with van der Waals surface area (Å²) in [7, 11) is 0. The number of hydrogen-bond donors (Lipinski definition) is 1. The minimum atomic E-state index is -0.472. The third-order valence-corrected chi connectivity index (χ3v) is 4.22. The number of likely N-dealkylation sites (tertiary alicyclic amines) is 1. The van der Waals surface area contributed by atoms with Crippen LogP contribution in [0.4, 0.5) is 5.82 Å². The Morgan fingerprint density at radius 3 is 2.86 bits per heavy atom. The molecule has 1 aliphatic rings. The lowest BCUT2D eigenvalue weighted by Gasteiger charge is -2.25. The monoisotopic (exact) mass is 310 g/mol. The van der Waals surface area contributed by atoms with Crippen LogP contribution in [0.3, 0.4) is 0 Å². The number of nitrogens with zero attached hydrogens (tertiary/aromatic N) is 3. The molecule has 2 rings (SSSR count). The first-order valence-electron chi connectivity index (χ1n) is 7.35. The Balaban J connectivity index is 1.83. The third kappa shape index (κ3) is 4.86. The van der Waals surface area contributed by atoms with Crippen molar-refractivity contribution in [2.45, 2.75) is 31.3 Å². The summed E-state index contributed by atoms with van der Waals surface area (Å²) in [4.78, 5) is 22.4. The number of ether oxygens (including phenoxy) is 1. The molecule has 1 aromatic rings. The fourth-order valence-electron chi connectivity index (χ4n) is 2.26. The molecule has 0 radical (unpaired) electrons. The molecule has 2 heterocycles. The molecule has 1 aliphatic heterocycles. The van der Waals surface area contributed by atoms with Gasteiger partial charge in [-0.15, -0.1) is 0 Å². The highest BCUT2D eigenvalue weighted by molar-refractivity contribution is 7.99. The van der Waals surface area contributed by atoms with Crippen LogP contribution in [0.25, 0.3) is 0 Å². The van der Waals surface area contributed by atoms with Gasteiger partial charge >= 0.3 is 5.97 Å². The lowest BCUT2D eigenvalue weighted by atomic mass is 10.1. The van der Waals surface area contributed by atoms with Crippen molar-refractivity contribution in [3.63, 3.8) is 0 Å². The zero-order valence-electron chi connectivity index (χ0n) is 12.4. The number of nitrogens with two attached hydrogens (primary N) is 1. The van der Waals surface area contributed by atoms with E-state index >= 15 is 0 Å². The highest BCUT2D eigenvalue weighted by Crippen LogP contribution is 2.18. The molecule has 0 unspecified atom stereocenters. The fourth-order valence-corrected chi connectivity index (χ4v) is 3.08. The maximum Gasteiger partial charge on any atom is 0.343 e. The van der Waals surface area contributed by atoms with Gasteiger partial charge in [-0.2, -0.15) is 0 Å². The molecular formula is C14H22N4O2S. The van der Waals surface area contributed by atoms with E-state index in [0.29, 0.717) is 11.8 Å². The van der Waals surface area contributed by atoms with Crippen molar-refractivity contribution in [3.8, 4) is 0 Å². The van der Waals surface area contributed by atoms with Crippen LogP contribution in [0.1, 0.15) is 36.5 Å². The number of thioether (sulfide) groups is 1. The van der Waals surface area contributed by atoms with Crippen LogP contribution in [-0.4, -0.2) is 52.8 Å². The molecule has 7 heteroatoms. The Hall–Kier alpha value is -1.34. The van der Waals surface area contributed by atoms with Gasteiger partial charge in [0.15, 0.2) is 5.16 Å². The molecule has 0 aromatic carbocycles. The van der Waals surface area contributed by atoms with E-state index in [1.165, 1.54) is 38.5 Å². The maximum atomic E-state index is 11.6. The lowest BCUT2D eigenvalue weighted by molar-refractivity contribution is 0.0526. The van der Waals surface area contributed by atoms with Gasteiger partial charge in [-0.05, 0) is 32.9 Å². The summed E-state index contributed by atoms with van der Waals surface area (Å²) in [6.07, 6.45) is 5.38. The molecule has 0 amide bonds. The number of nitrogen functional groups attached to an aromatic ring is 1. The van der Waals surface area contributed by atoms with E-state index < -0.39 is 5.97 Å². The van der Waals surface area contributed by atoms with Crippen LogP contribution in [0.5, 0.6) is 0 Å². The average molecular weight is 310 g/mol. The second-order valence-corrected chi connectivity index (χ2v) is 5.98. The Morgan fingerprint density at radius 1 is 1.43 bits per heavy atom. The molecule has 21 heavy (non-hydrogen) atoms. The first-order valence-corrected chi connectivity index (χ1v) is 8.34. The quantitative estimate of drug-likeness (QED) is 0.487. The molecule has 0 bridgehead atoms. The molecule has 6 nitrogen and oxygen atoms in total. The molecule has 0 saturated carbocycles. The van der Waals surface area contributed by atoms with Crippen molar-refractivity contribution in [3.05, 3.63) is 11.8 Å². The molecule has 0 aliphatic carbocycles. The summed E-state index contributed by atoms with van der Waals surface area (Å²) in [6.45, 7) is 5.47. The minimum absolute atomic E-state index is 0.184. The summed E-state index contributed by atoms with van der Waals surface area (Å²) in [5.74, 6) is 0.641. The van der Waals surface area contributed by atoms with Gasteiger partial charge in [-0.3, -0.25) is 0 Å². The maximum absolute atomic E-state index is 11.6. The number of piperidine rings is 1. The van der Waals surface area contributed by atoms with E-state index in [2.05, 4.69) is 14.9 Å². The van der Waals surface area contributed by atoms with Gasteiger partial charge in [0.25, 0.3) is 0 Å². The van der Waals surface area contributed by atoms with Gasteiger partial charge in [-0.25, -0.2) is 14.8 Å². The van der Waals surface area contributed by atoms with Crippen molar-refractivity contribution in [1.29, 1.82) is 0 Å². The Bertz CT molecular complexity index is 478. The van der Waals surface area contributed by atoms with Crippen molar-refractivity contribution in [1.82, 2.24) is 14.9 Å². The van der Waals surface area contributed by atoms with E-state index in [9.17, 15) is 4.79 Å². The zero-order valence-corrected chi connectivity index (χ0v) is 13.2. The van der Waals surface area contributed by atoms with Crippen LogP contribution < -0.4 is 5.73 Å². The van der Waals surface area contributed by atoms with Crippen molar-refractivity contribution >= 4 is 23.5 Å². The molecule has 2 N–H and O–H groups in total. The van der Waals surface area contributed by atoms with E-state index in [4.69, 9.17) is 10.5 Å². The van der Waals surface area contributed by atoms with Gasteiger partial charge in [-0.1, -0.05) is 18.2 Å². The first kappa shape index (κ1) is 16.0. The van der Waals surface area contributed by atoms with Crippen LogP contribution in [-0.2, 0) is 4.74 Å². The third-order valence-electron chi connectivity index (χ3n) is 3.38. The van der Waals surface area contributed by atoms with Crippen LogP contribution in [0, 0.1) is 0 Å². The van der Waals surface area contributed by atoms with E-state index in [0.717, 1.165) is 12.3 Å². The SMILES string of the molecule is CCOC(=O)c1cnc(SCCN2CCCCC2)nc1N. The molecule has 1 fully saturated rings. The topological polar surface area (TPSA) is 81.3 Å². The molecular weight excluding hydrogens is 288 g/mol. The minimum Gasteiger partial charge on any atom is -0.462 e. The van der Waals surface area contributed by atoms with Gasteiger partial charge < -0.3 is 15.4 Å². The lowest BCUT2D eigenvalue weighted by Crippen LogP contribution is -2.31. The normalized spacial score (nSPS) is 15.9. The average Bonchev–Trinajstić information content (AvgIpc) is 2.48. The predicted molar refractivity (Wildman–Crippen MR) is 83.4 cm³/mol. The highest BCUT2D eigenvalue weighted by atomic mass is 32.2. The van der Waals surface area contributed by atoms with Crippen molar-refractivity contribution in [2.75, 3.05) is 37.7 Å². The molecule has 0 spiro atoms. The van der Waals surface area contributed by atoms with E-state index in [1.54, 1.807) is 18.7 Å². The second kappa shape index (κ2) is 8.19. The number of carbonyl (C=O) groups is 1. The Labute approximate surface area is 129 Å². The number of rotatable bonds is 6. The Kier molecular flexibility index (Phi) is 6.25. The van der Waals surface area contributed by atoms with Gasteiger partial charge in [0.1, 0.15) is 11.4 Å². The van der Waals surface area contributed by atoms with E-state index in [1.807, 2.05) is 0 Å². The van der Waals surface area contributed by atoms with Crippen LogP contribution in [0.15, 0.2) is 11.4 Å². The smallest absolute Gasteiger partial charge is 0.343 e. The molecule has 1 saturated heterocycles. The summed E-state index contributed by atoms with van der Waals surface area (Å²) >= 11 is 1.57. The predicted octanol–water partition coefficient (Wildman–Crippen LogP) is 1.81. The van der Waals surface area contributed by atoms with Crippen LogP contribution in [0.2, 0.25) is 0 Å². The van der Waals surface area contributed by atoms with E-state index in [-0.39, 0.29) is 11.4 Å². The Morgan fingerprint density at radius 2 is 2.19 bits per heavy atom. The van der Waals surface area contributed by atoms with Crippen molar-refractivity contribution in [2.24, 2.45) is 0 Å². The number of carbonyl (C=O) groups excluding carboxylic acids is 1. The highest BCUT2D eigenvalue weighted by Gasteiger charge is 2.14. The number of aromatic nitrogens is 2. The van der Waals surface area contributed by atoms with Gasteiger partial charge in [0.2, 0.25) is 0 Å². The standard InChI is InChI=1S/C14H22N4O2S/c1-2-20-13(19)11-10-16-14(17-12(11)15)21-9-8-18-6-4-3-5-7-18/h10H,2-9H2,1H3,(H2,15,16,17). The number of hydrogen-bond acceptors (Lipinski definition) is 7. The fraction of sp³-hybridized carbons (Fsp3) is 0.643. The van der Waals surface area contributed by atoms with Gasteiger partial charge in [0.05, 0.1) is 6.61 Å². The first-order chi connectivity index (χ1) is 10.2. The summed E-state index contributed by atoms with van der Waals surface area (Å²) in [5.41, 5.74) is 6.02. The summed E-state index contributed by atoms with van der Waals surface area (Å²) < 4.78 is 4.90. The molecule has 0 atom stereocenters. The number of esters is 1. The summed E-state index contributed by atoms with van der Waals surface area (Å²) in [6, 6.07) is 0. The molecule has 1 aromatic heterocycles. The molecule has 116 valence electrons. The van der Waals surface area contributed by atoms with Crippen LogP contribution >= 0.6 is 11.8 Å². The summed E-state index contributed by atoms with van der Waals surface area (Å²) in [5, 5.41) is 0.609. The number of anilines is 1. The largest absolute Gasteiger partial charge is 0.462 e. The second-order valence-electron chi connectivity index (χ2n) is 4.92. The van der Waals surface area contributed by atoms with Crippen molar-refractivity contribution < 1.29 is 9.53 Å².